The predicted molar refractivity (Wildman–Crippen MR) is 63.6 cm³/mol. The molecule has 3 aliphatic rings. The van der Waals surface area contributed by atoms with Gasteiger partial charge in [-0.2, -0.15) is 0 Å². The summed E-state index contributed by atoms with van der Waals surface area (Å²) in [6.45, 7) is 3.25. The van der Waals surface area contributed by atoms with Crippen LogP contribution in [0.25, 0.3) is 0 Å². The summed E-state index contributed by atoms with van der Waals surface area (Å²) < 4.78 is 11.5. The van der Waals surface area contributed by atoms with Gasteiger partial charge in [-0.05, 0) is 26.2 Å². The molecule has 4 heteroatoms. The standard InChI is InChI=1S/C13H23NO3/c1-2-16-10-6-13(15,7-10)12(8-14)5-9-3-4-11(12)17-9/h9-11,15H,2-8,14H2,1H3. The number of rotatable bonds is 4. The van der Waals surface area contributed by atoms with E-state index in [-0.39, 0.29) is 17.6 Å². The van der Waals surface area contributed by atoms with Crippen molar-refractivity contribution in [3.05, 3.63) is 0 Å². The van der Waals surface area contributed by atoms with Gasteiger partial charge in [0.05, 0.1) is 23.9 Å². The van der Waals surface area contributed by atoms with Gasteiger partial charge in [0, 0.05) is 31.4 Å². The summed E-state index contributed by atoms with van der Waals surface area (Å²) in [7, 11) is 0. The van der Waals surface area contributed by atoms with Crippen molar-refractivity contribution in [2.24, 2.45) is 11.1 Å². The molecule has 2 heterocycles. The van der Waals surface area contributed by atoms with E-state index < -0.39 is 5.60 Å². The van der Waals surface area contributed by atoms with E-state index >= 15 is 0 Å². The third-order valence-electron chi connectivity index (χ3n) is 5.14. The van der Waals surface area contributed by atoms with Crippen LogP contribution in [0.3, 0.4) is 0 Å². The molecule has 3 unspecified atom stereocenters. The average molecular weight is 241 g/mol. The van der Waals surface area contributed by atoms with E-state index in [1.54, 1.807) is 0 Å². The second kappa shape index (κ2) is 3.92. The minimum absolute atomic E-state index is 0.171. The van der Waals surface area contributed by atoms with Gasteiger partial charge in [-0.1, -0.05) is 0 Å². The fourth-order valence-electron chi connectivity index (χ4n) is 4.15. The van der Waals surface area contributed by atoms with Gasteiger partial charge in [0.2, 0.25) is 0 Å². The van der Waals surface area contributed by atoms with Crippen LogP contribution in [-0.2, 0) is 9.47 Å². The third kappa shape index (κ3) is 1.51. The average Bonchev–Trinajstić information content (AvgIpc) is 2.87. The Morgan fingerprint density at radius 2 is 2.12 bits per heavy atom. The summed E-state index contributed by atoms with van der Waals surface area (Å²) in [6.07, 6.45) is 5.30. The van der Waals surface area contributed by atoms with Gasteiger partial charge in [-0.3, -0.25) is 0 Å². The number of hydrogen-bond donors (Lipinski definition) is 2. The van der Waals surface area contributed by atoms with Crippen LogP contribution in [-0.4, -0.2) is 42.2 Å². The van der Waals surface area contributed by atoms with Gasteiger partial charge in [-0.15, -0.1) is 0 Å². The minimum Gasteiger partial charge on any atom is -0.389 e. The van der Waals surface area contributed by atoms with Gasteiger partial charge in [0.1, 0.15) is 0 Å². The summed E-state index contributed by atoms with van der Waals surface area (Å²) in [5, 5.41) is 10.8. The first-order valence-electron chi connectivity index (χ1n) is 6.83. The molecule has 0 aromatic heterocycles. The molecule has 2 bridgehead atoms. The quantitative estimate of drug-likeness (QED) is 0.764. The highest BCUT2D eigenvalue weighted by Crippen LogP contribution is 2.59. The molecule has 3 atom stereocenters. The van der Waals surface area contributed by atoms with Gasteiger partial charge in [0.25, 0.3) is 0 Å². The van der Waals surface area contributed by atoms with Gasteiger partial charge in [-0.25, -0.2) is 0 Å². The number of fused-ring (bicyclic) bond motifs is 2. The molecular formula is C13H23NO3. The predicted octanol–water partition coefficient (Wildman–Crippen LogP) is 0.813. The summed E-state index contributed by atoms with van der Waals surface area (Å²) >= 11 is 0. The summed E-state index contributed by atoms with van der Waals surface area (Å²) in [6, 6.07) is 0. The fraction of sp³-hybridized carbons (Fsp3) is 1.00. The Morgan fingerprint density at radius 1 is 1.35 bits per heavy atom. The Hall–Kier alpha value is -0.160. The molecule has 0 radical (unpaired) electrons. The maximum atomic E-state index is 10.8. The van der Waals surface area contributed by atoms with E-state index in [9.17, 15) is 5.11 Å². The lowest BCUT2D eigenvalue weighted by Crippen LogP contribution is -2.65. The topological polar surface area (TPSA) is 64.7 Å². The third-order valence-corrected chi connectivity index (χ3v) is 5.14. The van der Waals surface area contributed by atoms with Crippen molar-refractivity contribution in [1.82, 2.24) is 0 Å². The van der Waals surface area contributed by atoms with E-state index in [2.05, 4.69) is 0 Å². The smallest absolute Gasteiger partial charge is 0.0791 e. The maximum absolute atomic E-state index is 10.8. The second-order valence-electron chi connectivity index (χ2n) is 5.91. The molecule has 2 saturated heterocycles. The zero-order valence-electron chi connectivity index (χ0n) is 10.5. The lowest BCUT2D eigenvalue weighted by atomic mass is 9.54. The highest BCUT2D eigenvalue weighted by atomic mass is 16.5. The van der Waals surface area contributed by atoms with E-state index in [1.165, 1.54) is 0 Å². The van der Waals surface area contributed by atoms with Gasteiger partial charge >= 0.3 is 0 Å². The van der Waals surface area contributed by atoms with Crippen molar-refractivity contribution >= 4 is 0 Å². The van der Waals surface area contributed by atoms with Crippen molar-refractivity contribution < 1.29 is 14.6 Å². The molecule has 3 rings (SSSR count). The highest BCUT2D eigenvalue weighted by molar-refractivity contribution is 5.16. The van der Waals surface area contributed by atoms with Gasteiger partial charge < -0.3 is 20.3 Å². The monoisotopic (exact) mass is 241 g/mol. The second-order valence-corrected chi connectivity index (χ2v) is 5.91. The molecule has 0 spiro atoms. The van der Waals surface area contributed by atoms with Crippen LogP contribution in [0.15, 0.2) is 0 Å². The first-order valence-corrected chi connectivity index (χ1v) is 6.83. The molecule has 4 nitrogen and oxygen atoms in total. The maximum Gasteiger partial charge on any atom is 0.0791 e. The number of ether oxygens (including phenoxy) is 2. The Kier molecular flexibility index (Phi) is 2.74. The molecule has 2 aliphatic heterocycles. The van der Waals surface area contributed by atoms with Crippen LogP contribution < -0.4 is 5.73 Å². The molecule has 98 valence electrons. The number of nitrogens with two attached hydrogens (primary N) is 1. The summed E-state index contributed by atoms with van der Waals surface area (Å²) in [5.74, 6) is 0. The number of aliphatic hydroxyl groups is 1. The zero-order chi connectivity index (χ0) is 12.1. The summed E-state index contributed by atoms with van der Waals surface area (Å²) in [5.41, 5.74) is 5.13. The largest absolute Gasteiger partial charge is 0.389 e. The molecule has 0 aromatic carbocycles. The molecule has 0 amide bonds. The van der Waals surface area contributed by atoms with E-state index in [0.717, 1.165) is 38.7 Å². The number of hydrogen-bond acceptors (Lipinski definition) is 4. The Balaban J connectivity index is 1.74. The van der Waals surface area contributed by atoms with Crippen molar-refractivity contribution in [2.45, 2.75) is 62.9 Å². The summed E-state index contributed by atoms with van der Waals surface area (Å²) in [4.78, 5) is 0. The van der Waals surface area contributed by atoms with Crippen molar-refractivity contribution in [2.75, 3.05) is 13.2 Å². The van der Waals surface area contributed by atoms with Crippen LogP contribution in [0.2, 0.25) is 0 Å². The first kappa shape index (κ1) is 11.9. The molecule has 17 heavy (non-hydrogen) atoms. The molecule has 1 aliphatic carbocycles. The lowest BCUT2D eigenvalue weighted by Gasteiger charge is -2.56. The van der Waals surface area contributed by atoms with Crippen molar-refractivity contribution in [3.8, 4) is 0 Å². The van der Waals surface area contributed by atoms with Crippen molar-refractivity contribution in [1.29, 1.82) is 0 Å². The van der Waals surface area contributed by atoms with E-state index in [0.29, 0.717) is 12.6 Å². The Labute approximate surface area is 102 Å². The Bertz CT molecular complexity index is 303. The SMILES string of the molecule is CCOC1CC(O)(C2(CN)CC3CCC2O3)C1. The van der Waals surface area contributed by atoms with Crippen LogP contribution >= 0.6 is 0 Å². The fourth-order valence-corrected chi connectivity index (χ4v) is 4.15. The molecule has 3 N–H and O–H groups in total. The lowest BCUT2D eigenvalue weighted by molar-refractivity contribution is -0.212. The zero-order valence-corrected chi connectivity index (χ0v) is 10.5. The van der Waals surface area contributed by atoms with Crippen LogP contribution in [0.1, 0.15) is 39.0 Å². The molecular weight excluding hydrogens is 218 g/mol. The van der Waals surface area contributed by atoms with E-state index in [4.69, 9.17) is 15.2 Å². The molecule has 3 fully saturated rings. The minimum atomic E-state index is -0.651. The first-order chi connectivity index (χ1) is 8.13. The van der Waals surface area contributed by atoms with Gasteiger partial charge in [0.15, 0.2) is 0 Å². The Morgan fingerprint density at radius 3 is 2.59 bits per heavy atom. The van der Waals surface area contributed by atoms with Crippen LogP contribution in [0, 0.1) is 5.41 Å². The molecule has 1 saturated carbocycles. The highest BCUT2D eigenvalue weighted by Gasteiger charge is 2.66. The molecule has 0 aromatic rings. The van der Waals surface area contributed by atoms with Crippen LogP contribution in [0.4, 0.5) is 0 Å². The van der Waals surface area contributed by atoms with Crippen molar-refractivity contribution in [3.63, 3.8) is 0 Å². The van der Waals surface area contributed by atoms with Crippen LogP contribution in [0.5, 0.6) is 0 Å². The van der Waals surface area contributed by atoms with E-state index in [1.807, 2.05) is 6.92 Å². The normalized spacial score (nSPS) is 52.8.